The molecule has 3 N–H and O–H groups in total. The number of amides is 1. The van der Waals surface area contributed by atoms with Gasteiger partial charge >= 0.3 is 0 Å². The van der Waals surface area contributed by atoms with E-state index in [1.165, 1.54) is 12.1 Å². The van der Waals surface area contributed by atoms with Gasteiger partial charge in [-0.2, -0.15) is 0 Å². The Hall–Kier alpha value is -3.20. The molecular weight excluding hydrogens is 352 g/mol. The fraction of sp³-hybridized carbons (Fsp3) is 0.333. The highest BCUT2D eigenvalue weighted by molar-refractivity contribution is 5.93. The first-order valence-corrected chi connectivity index (χ1v) is 8.58. The smallest absolute Gasteiger partial charge is 0.273 e. The van der Waals surface area contributed by atoms with Crippen molar-refractivity contribution in [3.63, 3.8) is 0 Å². The highest BCUT2D eigenvalue weighted by Gasteiger charge is 2.36. The molecule has 27 heavy (non-hydrogen) atoms. The minimum atomic E-state index is -0.795. The van der Waals surface area contributed by atoms with E-state index in [1.54, 1.807) is 25.1 Å². The zero-order valence-electron chi connectivity index (χ0n) is 14.5. The van der Waals surface area contributed by atoms with Crippen molar-refractivity contribution in [1.82, 2.24) is 20.7 Å². The maximum atomic E-state index is 12.3. The third-order valence-electron chi connectivity index (χ3n) is 4.53. The van der Waals surface area contributed by atoms with Gasteiger partial charge in [0.2, 0.25) is 11.8 Å². The number of aromatic hydroxyl groups is 1. The molecule has 1 aliphatic carbocycles. The topological polar surface area (TPSA) is 135 Å². The van der Waals surface area contributed by atoms with E-state index in [-0.39, 0.29) is 35.2 Å². The molecule has 3 aromatic rings. The first-order chi connectivity index (χ1) is 13.0. The van der Waals surface area contributed by atoms with E-state index >= 15 is 0 Å². The van der Waals surface area contributed by atoms with E-state index in [9.17, 15) is 15.0 Å². The lowest BCUT2D eigenvalue weighted by atomic mass is 9.80. The van der Waals surface area contributed by atoms with Crippen molar-refractivity contribution in [3.8, 4) is 17.1 Å². The van der Waals surface area contributed by atoms with Crippen molar-refractivity contribution in [1.29, 1.82) is 0 Å². The summed E-state index contributed by atoms with van der Waals surface area (Å²) in [6.45, 7) is 1.56. The molecule has 0 unspecified atom stereocenters. The Labute approximate surface area is 154 Å². The van der Waals surface area contributed by atoms with Gasteiger partial charge in [0.25, 0.3) is 5.91 Å². The lowest BCUT2D eigenvalue weighted by Gasteiger charge is -2.33. The van der Waals surface area contributed by atoms with Gasteiger partial charge in [-0.1, -0.05) is 5.16 Å². The van der Waals surface area contributed by atoms with Crippen LogP contribution in [0.5, 0.6) is 5.75 Å². The summed E-state index contributed by atoms with van der Waals surface area (Å²) in [7, 11) is 0. The monoisotopic (exact) mass is 370 g/mol. The van der Waals surface area contributed by atoms with Gasteiger partial charge in [0.1, 0.15) is 11.9 Å². The van der Waals surface area contributed by atoms with Crippen LogP contribution in [0.25, 0.3) is 11.3 Å². The van der Waals surface area contributed by atoms with Gasteiger partial charge in [-0.05, 0) is 44.0 Å². The second kappa shape index (κ2) is 6.84. The molecule has 2 heterocycles. The van der Waals surface area contributed by atoms with Crippen LogP contribution < -0.4 is 5.32 Å². The maximum absolute atomic E-state index is 12.3. The van der Waals surface area contributed by atoms with Crippen LogP contribution in [0.2, 0.25) is 0 Å². The molecule has 1 fully saturated rings. The zero-order valence-corrected chi connectivity index (χ0v) is 14.5. The third kappa shape index (κ3) is 3.54. The number of aliphatic hydroxyl groups is 1. The van der Waals surface area contributed by atoms with E-state index in [4.69, 9.17) is 8.94 Å². The number of phenols is 1. The second-order valence-corrected chi connectivity index (χ2v) is 6.62. The van der Waals surface area contributed by atoms with Crippen molar-refractivity contribution in [3.05, 3.63) is 47.8 Å². The van der Waals surface area contributed by atoms with Gasteiger partial charge in [0, 0.05) is 23.6 Å². The predicted molar refractivity (Wildman–Crippen MR) is 91.8 cm³/mol. The van der Waals surface area contributed by atoms with Gasteiger partial charge in [0.05, 0.1) is 0 Å². The first-order valence-electron chi connectivity index (χ1n) is 8.58. The normalized spacial score (nSPS) is 20.1. The lowest BCUT2D eigenvalue weighted by Crippen LogP contribution is -2.43. The summed E-state index contributed by atoms with van der Waals surface area (Å²) in [5.41, 5.74) is 0.907. The molecule has 9 nitrogen and oxygen atoms in total. The van der Waals surface area contributed by atoms with Gasteiger partial charge in [0.15, 0.2) is 11.5 Å². The van der Waals surface area contributed by atoms with Crippen LogP contribution in [0, 0.1) is 0 Å². The number of hydrogen-bond donors (Lipinski definition) is 3. The molecule has 1 amide bonds. The molecule has 1 saturated carbocycles. The predicted octanol–water partition coefficient (Wildman–Crippen LogP) is 2.16. The van der Waals surface area contributed by atoms with E-state index in [1.807, 2.05) is 0 Å². The molecule has 0 spiro atoms. The Morgan fingerprint density at radius 1 is 1.26 bits per heavy atom. The minimum absolute atomic E-state index is 0.0155. The SMILES string of the molecule is C[C@@H](O)c1nnc(C2CC(NC(=O)c3cc(-c4ccc(O)cc4)on3)C2)o1. The Bertz CT molecular complexity index is 941. The summed E-state index contributed by atoms with van der Waals surface area (Å²) in [5.74, 6) is 1.03. The average Bonchev–Trinajstić information content (AvgIpc) is 3.28. The first kappa shape index (κ1) is 17.2. The summed E-state index contributed by atoms with van der Waals surface area (Å²) < 4.78 is 10.6. The number of benzene rings is 1. The number of aliphatic hydroxyl groups excluding tert-OH is 1. The molecule has 0 saturated heterocycles. The van der Waals surface area contributed by atoms with Crippen molar-refractivity contribution in [2.45, 2.75) is 37.8 Å². The van der Waals surface area contributed by atoms with Crippen LogP contribution >= 0.6 is 0 Å². The van der Waals surface area contributed by atoms with Crippen molar-refractivity contribution in [2.75, 3.05) is 0 Å². The number of carbonyl (C=O) groups is 1. The molecule has 0 bridgehead atoms. The largest absolute Gasteiger partial charge is 0.508 e. The van der Waals surface area contributed by atoms with E-state index in [0.29, 0.717) is 30.1 Å². The number of phenolic OH excluding ortho intramolecular Hbond substituents is 1. The molecule has 140 valence electrons. The summed E-state index contributed by atoms with van der Waals surface area (Å²) >= 11 is 0. The molecule has 1 aromatic carbocycles. The summed E-state index contributed by atoms with van der Waals surface area (Å²) in [4.78, 5) is 12.3. The van der Waals surface area contributed by atoms with Gasteiger partial charge in [-0.25, -0.2) is 0 Å². The second-order valence-electron chi connectivity index (χ2n) is 6.62. The Morgan fingerprint density at radius 3 is 2.67 bits per heavy atom. The van der Waals surface area contributed by atoms with Crippen molar-refractivity contribution < 1.29 is 23.9 Å². The molecule has 0 aliphatic heterocycles. The summed E-state index contributed by atoms with van der Waals surface area (Å²) in [6.07, 6.45) is 0.558. The van der Waals surface area contributed by atoms with E-state index in [0.717, 1.165) is 0 Å². The molecule has 2 aromatic heterocycles. The van der Waals surface area contributed by atoms with E-state index < -0.39 is 6.10 Å². The van der Waals surface area contributed by atoms with Gasteiger partial charge < -0.3 is 24.5 Å². The number of hydrogen-bond acceptors (Lipinski definition) is 8. The van der Waals surface area contributed by atoms with Gasteiger partial charge in [-0.3, -0.25) is 4.79 Å². The number of nitrogens with one attached hydrogen (secondary N) is 1. The van der Waals surface area contributed by atoms with E-state index in [2.05, 4.69) is 20.7 Å². The van der Waals surface area contributed by atoms with Gasteiger partial charge in [-0.15, -0.1) is 10.2 Å². The average molecular weight is 370 g/mol. The van der Waals surface area contributed by atoms with Crippen LogP contribution in [0.3, 0.4) is 0 Å². The van der Waals surface area contributed by atoms with Crippen LogP contribution in [0.1, 0.15) is 54.1 Å². The molecule has 9 heteroatoms. The Morgan fingerprint density at radius 2 is 2.00 bits per heavy atom. The summed E-state index contributed by atoms with van der Waals surface area (Å²) in [5, 5.41) is 33.2. The van der Waals surface area contributed by atoms with Crippen LogP contribution in [-0.4, -0.2) is 37.5 Å². The quantitative estimate of drug-likeness (QED) is 0.622. The maximum Gasteiger partial charge on any atom is 0.273 e. The Balaban J connectivity index is 1.33. The molecule has 0 radical (unpaired) electrons. The number of rotatable bonds is 5. The third-order valence-corrected chi connectivity index (χ3v) is 4.53. The number of carbonyl (C=O) groups excluding carboxylic acids is 1. The van der Waals surface area contributed by atoms with Crippen LogP contribution in [0.4, 0.5) is 0 Å². The molecular formula is C18H18N4O5. The molecule has 1 aliphatic rings. The molecule has 4 rings (SSSR count). The van der Waals surface area contributed by atoms with Crippen LogP contribution in [-0.2, 0) is 0 Å². The van der Waals surface area contributed by atoms with Crippen LogP contribution in [0.15, 0.2) is 39.3 Å². The minimum Gasteiger partial charge on any atom is -0.508 e. The molecule has 1 atom stereocenters. The fourth-order valence-electron chi connectivity index (χ4n) is 2.92. The zero-order chi connectivity index (χ0) is 19.0. The van der Waals surface area contributed by atoms with Crippen molar-refractivity contribution >= 4 is 5.91 Å². The lowest BCUT2D eigenvalue weighted by molar-refractivity contribution is 0.0892. The number of aromatic nitrogens is 3. The number of nitrogens with zero attached hydrogens (tertiary/aromatic N) is 3. The highest BCUT2D eigenvalue weighted by Crippen LogP contribution is 2.36. The Kier molecular flexibility index (Phi) is 4.36. The summed E-state index contributed by atoms with van der Waals surface area (Å²) in [6, 6.07) is 7.97. The standard InChI is InChI=1S/C18H18N4O5/c1-9(23)17-20-21-18(26-17)11-6-12(7-11)19-16(25)14-8-15(27-22-14)10-2-4-13(24)5-3-10/h2-5,8-9,11-12,23-24H,6-7H2,1H3,(H,19,25)/t9-,11?,12?/m1/s1. The van der Waals surface area contributed by atoms with Crippen molar-refractivity contribution in [2.24, 2.45) is 0 Å². The highest BCUT2D eigenvalue weighted by atomic mass is 16.5. The fourth-order valence-corrected chi connectivity index (χ4v) is 2.92.